The lowest BCUT2D eigenvalue weighted by molar-refractivity contribution is -0.118. The van der Waals surface area contributed by atoms with E-state index in [1.54, 1.807) is 17.8 Å². The third-order valence-corrected chi connectivity index (χ3v) is 4.16. The van der Waals surface area contributed by atoms with Crippen LogP contribution in [0.15, 0.2) is 40.1 Å². The van der Waals surface area contributed by atoms with Crippen LogP contribution in [-0.2, 0) is 25.4 Å². The van der Waals surface area contributed by atoms with Crippen molar-refractivity contribution in [3.8, 4) is 11.3 Å². The fraction of sp³-hybridized carbons (Fsp3) is 0.235. The molecule has 0 saturated carbocycles. The Balaban J connectivity index is 2.48. The summed E-state index contributed by atoms with van der Waals surface area (Å²) in [7, 11) is 3.03. The monoisotopic (exact) mass is 326 g/mol. The smallest absolute Gasteiger partial charge is 0.330 e. The Bertz CT molecular complexity index is 1070. The molecule has 124 valence electrons. The van der Waals surface area contributed by atoms with Crippen LogP contribution in [0.4, 0.5) is 0 Å². The zero-order chi connectivity index (χ0) is 17.6. The second-order valence-corrected chi connectivity index (χ2v) is 5.90. The molecule has 0 unspecified atom stereocenters. The number of fused-ring (bicyclic) bond motifs is 1. The van der Waals surface area contributed by atoms with Crippen LogP contribution in [0.25, 0.3) is 22.2 Å². The molecule has 0 bridgehead atoms. The van der Waals surface area contributed by atoms with E-state index in [2.05, 4.69) is 0 Å². The first-order valence-electron chi connectivity index (χ1n) is 7.45. The Kier molecular flexibility index (Phi) is 3.63. The summed E-state index contributed by atoms with van der Waals surface area (Å²) in [5, 5.41) is 0.393. The largest absolute Gasteiger partial charge is 0.368 e. The number of amides is 1. The minimum Gasteiger partial charge on any atom is -0.368 e. The normalized spacial score (nSPS) is 11.1. The Morgan fingerprint density at radius 1 is 1.08 bits per heavy atom. The van der Waals surface area contributed by atoms with Crippen LogP contribution in [0.5, 0.6) is 0 Å². The Labute approximate surface area is 137 Å². The molecule has 0 atom stereocenters. The van der Waals surface area contributed by atoms with Crippen molar-refractivity contribution in [2.24, 2.45) is 19.8 Å². The second-order valence-electron chi connectivity index (χ2n) is 5.90. The van der Waals surface area contributed by atoms with E-state index in [4.69, 9.17) is 5.73 Å². The topological polar surface area (TPSA) is 92.0 Å². The van der Waals surface area contributed by atoms with Gasteiger partial charge in [-0.3, -0.25) is 18.7 Å². The van der Waals surface area contributed by atoms with Gasteiger partial charge in [-0.05, 0) is 12.5 Å². The lowest BCUT2D eigenvalue weighted by atomic mass is 10.1. The summed E-state index contributed by atoms with van der Waals surface area (Å²) in [5.41, 5.74) is 7.45. The van der Waals surface area contributed by atoms with E-state index < -0.39 is 17.2 Å². The van der Waals surface area contributed by atoms with Gasteiger partial charge < -0.3 is 10.3 Å². The highest BCUT2D eigenvalue weighted by Gasteiger charge is 2.19. The Hall–Kier alpha value is -3.09. The molecule has 0 aliphatic heterocycles. The predicted octanol–water partition coefficient (Wildman–Crippen LogP) is 0.499. The van der Waals surface area contributed by atoms with Gasteiger partial charge in [0.1, 0.15) is 6.54 Å². The van der Waals surface area contributed by atoms with Gasteiger partial charge in [0, 0.05) is 20.3 Å². The maximum absolute atomic E-state index is 12.7. The Morgan fingerprint density at radius 2 is 1.71 bits per heavy atom. The van der Waals surface area contributed by atoms with Crippen molar-refractivity contribution in [3.63, 3.8) is 0 Å². The molecular formula is C17H18N4O3. The van der Waals surface area contributed by atoms with Crippen molar-refractivity contribution in [1.82, 2.24) is 13.7 Å². The van der Waals surface area contributed by atoms with Crippen LogP contribution >= 0.6 is 0 Å². The maximum atomic E-state index is 12.7. The van der Waals surface area contributed by atoms with Crippen LogP contribution in [0.3, 0.4) is 0 Å². The molecule has 0 radical (unpaired) electrons. The molecule has 24 heavy (non-hydrogen) atoms. The molecule has 7 nitrogen and oxygen atoms in total. The van der Waals surface area contributed by atoms with E-state index in [1.807, 2.05) is 31.2 Å². The minimum atomic E-state index is -0.523. The summed E-state index contributed by atoms with van der Waals surface area (Å²) in [6.07, 6.45) is 1.62. The quantitative estimate of drug-likeness (QED) is 0.759. The van der Waals surface area contributed by atoms with Crippen LogP contribution < -0.4 is 17.0 Å². The molecule has 1 aromatic carbocycles. The fourth-order valence-electron chi connectivity index (χ4n) is 2.90. The van der Waals surface area contributed by atoms with Crippen molar-refractivity contribution < 1.29 is 4.79 Å². The van der Waals surface area contributed by atoms with Gasteiger partial charge in [0.15, 0.2) is 0 Å². The molecule has 0 fully saturated rings. The number of nitrogens with two attached hydrogens (primary N) is 1. The first kappa shape index (κ1) is 15.8. The predicted molar refractivity (Wildman–Crippen MR) is 91.8 cm³/mol. The van der Waals surface area contributed by atoms with Gasteiger partial charge in [-0.25, -0.2) is 4.79 Å². The number of aryl methyl sites for hydroxylation is 2. The van der Waals surface area contributed by atoms with Crippen molar-refractivity contribution in [1.29, 1.82) is 0 Å². The average molecular weight is 326 g/mol. The highest BCUT2D eigenvalue weighted by atomic mass is 16.2. The molecule has 0 aliphatic carbocycles. The van der Waals surface area contributed by atoms with E-state index >= 15 is 0 Å². The fourth-order valence-corrected chi connectivity index (χ4v) is 2.90. The molecule has 2 heterocycles. The summed E-state index contributed by atoms with van der Waals surface area (Å²) < 4.78 is 4.08. The van der Waals surface area contributed by atoms with E-state index in [0.29, 0.717) is 16.6 Å². The highest BCUT2D eigenvalue weighted by Crippen LogP contribution is 2.28. The zero-order valence-electron chi connectivity index (χ0n) is 13.7. The second kappa shape index (κ2) is 5.52. The lowest BCUT2D eigenvalue weighted by Gasteiger charge is -2.08. The maximum Gasteiger partial charge on any atom is 0.330 e. The van der Waals surface area contributed by atoms with E-state index in [9.17, 15) is 14.4 Å². The number of hydrogen-bond donors (Lipinski definition) is 1. The molecule has 0 spiro atoms. The molecule has 3 rings (SSSR count). The van der Waals surface area contributed by atoms with Crippen molar-refractivity contribution in [2.75, 3.05) is 0 Å². The number of nitrogens with zero attached hydrogens (tertiary/aromatic N) is 3. The summed E-state index contributed by atoms with van der Waals surface area (Å²) in [4.78, 5) is 36.3. The molecule has 2 N–H and O–H groups in total. The van der Waals surface area contributed by atoms with Gasteiger partial charge in [0.2, 0.25) is 5.91 Å². The van der Waals surface area contributed by atoms with Gasteiger partial charge in [0.05, 0.1) is 16.6 Å². The number of rotatable bonds is 3. The Morgan fingerprint density at radius 3 is 2.29 bits per heavy atom. The minimum absolute atomic E-state index is 0.0742. The zero-order valence-corrected chi connectivity index (χ0v) is 13.7. The summed E-state index contributed by atoms with van der Waals surface area (Å²) in [5.74, 6) is -0.523. The summed E-state index contributed by atoms with van der Waals surface area (Å²) >= 11 is 0. The van der Waals surface area contributed by atoms with Gasteiger partial charge in [0.25, 0.3) is 5.56 Å². The van der Waals surface area contributed by atoms with Crippen LogP contribution in [-0.4, -0.2) is 19.6 Å². The third kappa shape index (κ3) is 2.34. The van der Waals surface area contributed by atoms with Crippen LogP contribution in [0.1, 0.15) is 5.56 Å². The third-order valence-electron chi connectivity index (χ3n) is 4.16. The van der Waals surface area contributed by atoms with E-state index in [-0.39, 0.29) is 6.54 Å². The molecule has 0 saturated heterocycles. The van der Waals surface area contributed by atoms with Gasteiger partial charge >= 0.3 is 5.69 Å². The first-order chi connectivity index (χ1) is 11.3. The van der Waals surface area contributed by atoms with Crippen LogP contribution in [0, 0.1) is 6.92 Å². The molecular weight excluding hydrogens is 308 g/mol. The van der Waals surface area contributed by atoms with Crippen molar-refractivity contribution in [2.45, 2.75) is 13.5 Å². The van der Waals surface area contributed by atoms with Crippen LogP contribution in [0.2, 0.25) is 0 Å². The molecule has 2 aromatic heterocycles. The molecule has 3 aromatic rings. The number of aromatic nitrogens is 3. The molecule has 1 amide bonds. The molecule has 7 heteroatoms. The number of hydrogen-bond acceptors (Lipinski definition) is 3. The number of carbonyl (C=O) groups excluding carboxylic acids is 1. The van der Waals surface area contributed by atoms with Gasteiger partial charge in [-0.2, -0.15) is 0 Å². The summed E-state index contributed by atoms with van der Waals surface area (Å²) in [6.45, 7) is 1.89. The SMILES string of the molecule is Cc1ccc(-c2c3c(=O)n(C)c(=O)n(C)c3cn2CC(N)=O)cc1. The number of primary amides is 1. The highest BCUT2D eigenvalue weighted by molar-refractivity contribution is 5.94. The summed E-state index contributed by atoms with van der Waals surface area (Å²) in [6, 6.07) is 7.61. The average Bonchev–Trinajstić information content (AvgIpc) is 2.90. The molecule has 0 aliphatic rings. The number of benzene rings is 1. The number of carbonyl (C=O) groups is 1. The first-order valence-corrected chi connectivity index (χ1v) is 7.45. The van der Waals surface area contributed by atoms with Crippen molar-refractivity contribution >= 4 is 16.8 Å². The van der Waals surface area contributed by atoms with Gasteiger partial charge in [-0.1, -0.05) is 29.8 Å². The van der Waals surface area contributed by atoms with E-state index in [1.165, 1.54) is 11.6 Å². The standard InChI is InChI=1S/C17H18N4O3/c1-10-4-6-11(7-5-10)15-14-12(8-21(15)9-13(18)22)19(2)17(24)20(3)16(14)23/h4-8H,9H2,1-3H3,(H2,18,22). The van der Waals surface area contributed by atoms with E-state index in [0.717, 1.165) is 15.7 Å². The van der Waals surface area contributed by atoms with Gasteiger partial charge in [-0.15, -0.1) is 0 Å². The van der Waals surface area contributed by atoms with Crippen molar-refractivity contribution in [3.05, 3.63) is 56.9 Å². The lowest BCUT2D eigenvalue weighted by Crippen LogP contribution is -2.36.